The molecule has 1 aliphatic rings. The Morgan fingerprint density at radius 1 is 1.14 bits per heavy atom. The highest BCUT2D eigenvalue weighted by Crippen LogP contribution is 2.25. The van der Waals surface area contributed by atoms with Crippen LogP contribution in [0.15, 0.2) is 48.8 Å². The molecule has 0 saturated heterocycles. The molecular weight excluding hydrogens is 352 g/mol. The Morgan fingerprint density at radius 3 is 2.54 bits per heavy atom. The number of aromatic nitrogens is 1. The molecule has 28 heavy (non-hydrogen) atoms. The van der Waals surface area contributed by atoms with Gasteiger partial charge in [0.25, 0.3) is 0 Å². The zero-order valence-corrected chi connectivity index (χ0v) is 16.8. The predicted octanol–water partition coefficient (Wildman–Crippen LogP) is 4.00. The number of urea groups is 1. The summed E-state index contributed by atoms with van der Waals surface area (Å²) >= 11 is 0. The number of nitrogens with zero attached hydrogens (tertiary/aromatic N) is 3. The van der Waals surface area contributed by atoms with E-state index >= 15 is 0 Å². The second kappa shape index (κ2) is 10.1. The first kappa shape index (κ1) is 20.1. The number of hydrogen-bond donors (Lipinski definition) is 1. The van der Waals surface area contributed by atoms with Gasteiger partial charge in [-0.25, -0.2) is 4.79 Å². The number of pyridine rings is 1. The predicted molar refractivity (Wildman–Crippen MR) is 112 cm³/mol. The molecule has 150 valence electrons. The maximum atomic E-state index is 12.8. The number of carbonyl (C=O) groups is 1. The average molecular weight is 383 g/mol. The van der Waals surface area contributed by atoms with Gasteiger partial charge < -0.3 is 19.9 Å². The first-order chi connectivity index (χ1) is 13.6. The molecule has 0 radical (unpaired) electrons. The highest BCUT2D eigenvalue weighted by molar-refractivity contribution is 5.89. The maximum absolute atomic E-state index is 12.8. The van der Waals surface area contributed by atoms with Crippen LogP contribution in [-0.2, 0) is 6.54 Å². The van der Waals surface area contributed by atoms with Crippen molar-refractivity contribution in [3.63, 3.8) is 0 Å². The monoisotopic (exact) mass is 382 g/mol. The van der Waals surface area contributed by atoms with Crippen LogP contribution >= 0.6 is 0 Å². The third-order valence-electron chi connectivity index (χ3n) is 4.91. The highest BCUT2D eigenvalue weighted by Gasteiger charge is 2.17. The molecule has 1 aliphatic carbocycles. The fourth-order valence-corrected chi connectivity index (χ4v) is 3.30. The molecule has 2 aromatic rings. The van der Waals surface area contributed by atoms with Crippen molar-refractivity contribution >= 4 is 11.7 Å². The molecule has 0 unspecified atom stereocenters. The Morgan fingerprint density at radius 2 is 1.89 bits per heavy atom. The van der Waals surface area contributed by atoms with Gasteiger partial charge in [0.05, 0.1) is 6.10 Å². The molecule has 0 atom stereocenters. The van der Waals surface area contributed by atoms with Crippen LogP contribution in [0.1, 0.15) is 31.2 Å². The molecule has 1 aromatic heterocycles. The fourth-order valence-electron chi connectivity index (χ4n) is 3.30. The molecule has 1 heterocycles. The minimum Gasteiger partial charge on any atom is -0.490 e. The SMILES string of the molecule is CN(C)CCN(Cc1cccnc1)C(=O)Nc1ccc(OC2CCCC2)cc1. The van der Waals surface area contributed by atoms with Gasteiger partial charge in [0.1, 0.15) is 5.75 Å². The molecule has 0 spiro atoms. The zero-order chi connectivity index (χ0) is 19.8. The first-order valence-electron chi connectivity index (χ1n) is 9.96. The van der Waals surface area contributed by atoms with Gasteiger partial charge in [-0.15, -0.1) is 0 Å². The molecular formula is C22H30N4O2. The lowest BCUT2D eigenvalue weighted by molar-refractivity contribution is 0.202. The Kier molecular flexibility index (Phi) is 7.25. The third-order valence-corrected chi connectivity index (χ3v) is 4.91. The Labute approximate surface area is 167 Å². The van der Waals surface area contributed by atoms with Crippen LogP contribution in [-0.4, -0.2) is 54.1 Å². The topological polar surface area (TPSA) is 57.7 Å². The lowest BCUT2D eigenvalue weighted by Crippen LogP contribution is -2.39. The number of amides is 2. The van der Waals surface area contributed by atoms with E-state index in [1.165, 1.54) is 12.8 Å². The van der Waals surface area contributed by atoms with E-state index in [4.69, 9.17) is 4.74 Å². The number of benzene rings is 1. The van der Waals surface area contributed by atoms with Gasteiger partial charge >= 0.3 is 6.03 Å². The van der Waals surface area contributed by atoms with Crippen LogP contribution in [0, 0.1) is 0 Å². The summed E-state index contributed by atoms with van der Waals surface area (Å²) in [7, 11) is 4.01. The van der Waals surface area contributed by atoms with Gasteiger partial charge in [-0.05, 0) is 75.7 Å². The van der Waals surface area contributed by atoms with Gasteiger partial charge in [-0.2, -0.15) is 0 Å². The molecule has 0 aliphatic heterocycles. The fraction of sp³-hybridized carbons (Fsp3) is 0.455. The van der Waals surface area contributed by atoms with Crippen LogP contribution in [0.3, 0.4) is 0 Å². The Bertz CT molecular complexity index is 728. The summed E-state index contributed by atoms with van der Waals surface area (Å²) in [6, 6.07) is 11.4. The first-order valence-corrected chi connectivity index (χ1v) is 9.96. The molecule has 2 amide bonds. The molecule has 1 N–H and O–H groups in total. The molecule has 6 nitrogen and oxygen atoms in total. The Hall–Kier alpha value is -2.60. The van der Waals surface area contributed by atoms with E-state index < -0.39 is 0 Å². The molecule has 3 rings (SSSR count). The number of likely N-dealkylation sites (N-methyl/N-ethyl adjacent to an activating group) is 1. The number of ether oxygens (including phenoxy) is 1. The summed E-state index contributed by atoms with van der Waals surface area (Å²) in [5, 5.41) is 3.00. The van der Waals surface area contributed by atoms with Crippen molar-refractivity contribution in [1.82, 2.24) is 14.8 Å². The van der Waals surface area contributed by atoms with Gasteiger partial charge in [0.2, 0.25) is 0 Å². The number of anilines is 1. The van der Waals surface area contributed by atoms with Crippen molar-refractivity contribution in [2.75, 3.05) is 32.5 Å². The van der Waals surface area contributed by atoms with E-state index in [9.17, 15) is 4.79 Å². The summed E-state index contributed by atoms with van der Waals surface area (Å²) in [4.78, 5) is 20.9. The van der Waals surface area contributed by atoms with E-state index in [2.05, 4.69) is 15.2 Å². The number of rotatable bonds is 8. The maximum Gasteiger partial charge on any atom is 0.322 e. The summed E-state index contributed by atoms with van der Waals surface area (Å²) < 4.78 is 5.99. The van der Waals surface area contributed by atoms with Crippen LogP contribution in [0.4, 0.5) is 10.5 Å². The lowest BCUT2D eigenvalue weighted by Gasteiger charge is -2.25. The summed E-state index contributed by atoms with van der Waals surface area (Å²) in [6.07, 6.45) is 8.63. The van der Waals surface area contributed by atoms with Crippen LogP contribution in [0.25, 0.3) is 0 Å². The third kappa shape index (κ3) is 6.23. The van der Waals surface area contributed by atoms with Crippen molar-refractivity contribution in [2.45, 2.75) is 38.3 Å². The standard InChI is InChI=1S/C22H30N4O2/c1-25(2)14-15-26(17-18-6-5-13-23-16-18)22(27)24-19-9-11-21(12-10-19)28-20-7-3-4-8-20/h5-6,9-13,16,20H,3-4,7-8,14-15,17H2,1-2H3,(H,24,27). The Balaban J connectivity index is 1.59. The molecule has 6 heteroatoms. The number of hydrogen-bond acceptors (Lipinski definition) is 4. The lowest BCUT2D eigenvalue weighted by atomic mass is 10.2. The van der Waals surface area contributed by atoms with Crippen LogP contribution in [0.5, 0.6) is 5.75 Å². The second-order valence-corrected chi connectivity index (χ2v) is 7.56. The van der Waals surface area contributed by atoms with E-state index in [-0.39, 0.29) is 6.03 Å². The van der Waals surface area contributed by atoms with Crippen molar-refractivity contribution in [3.8, 4) is 5.75 Å². The van der Waals surface area contributed by atoms with Gasteiger partial charge in [0, 0.05) is 37.7 Å². The van der Waals surface area contributed by atoms with Gasteiger partial charge in [-0.1, -0.05) is 6.07 Å². The highest BCUT2D eigenvalue weighted by atomic mass is 16.5. The summed E-state index contributed by atoms with van der Waals surface area (Å²) in [5.74, 6) is 0.865. The zero-order valence-electron chi connectivity index (χ0n) is 16.8. The van der Waals surface area contributed by atoms with E-state index in [0.717, 1.165) is 36.4 Å². The minimum absolute atomic E-state index is 0.116. The van der Waals surface area contributed by atoms with E-state index in [1.807, 2.05) is 50.5 Å². The quantitative estimate of drug-likeness (QED) is 0.750. The molecule has 1 fully saturated rings. The van der Waals surface area contributed by atoms with E-state index in [1.54, 1.807) is 17.3 Å². The van der Waals surface area contributed by atoms with Crippen LogP contribution in [0.2, 0.25) is 0 Å². The van der Waals surface area contributed by atoms with Crippen molar-refractivity contribution in [1.29, 1.82) is 0 Å². The second-order valence-electron chi connectivity index (χ2n) is 7.56. The number of nitrogens with one attached hydrogen (secondary N) is 1. The van der Waals surface area contributed by atoms with Gasteiger partial charge in [0.15, 0.2) is 0 Å². The molecule has 1 aromatic carbocycles. The van der Waals surface area contributed by atoms with Gasteiger partial charge in [-0.3, -0.25) is 4.98 Å². The minimum atomic E-state index is -0.116. The summed E-state index contributed by atoms with van der Waals surface area (Å²) in [5.41, 5.74) is 1.78. The normalized spacial score (nSPS) is 14.2. The van der Waals surface area contributed by atoms with Crippen molar-refractivity contribution in [2.24, 2.45) is 0 Å². The van der Waals surface area contributed by atoms with E-state index in [0.29, 0.717) is 19.2 Å². The van der Waals surface area contributed by atoms with Crippen molar-refractivity contribution in [3.05, 3.63) is 54.4 Å². The molecule has 0 bridgehead atoms. The van der Waals surface area contributed by atoms with Crippen LogP contribution < -0.4 is 10.1 Å². The van der Waals surface area contributed by atoms with Crippen molar-refractivity contribution < 1.29 is 9.53 Å². The summed E-state index contributed by atoms with van der Waals surface area (Å²) in [6.45, 7) is 1.95. The molecule has 1 saturated carbocycles. The smallest absolute Gasteiger partial charge is 0.322 e. The number of carbonyl (C=O) groups excluding carboxylic acids is 1. The largest absolute Gasteiger partial charge is 0.490 e. The average Bonchev–Trinajstić information content (AvgIpc) is 3.20.